The second-order valence-corrected chi connectivity index (χ2v) is 5.75. The number of amides is 1. The van der Waals surface area contributed by atoms with E-state index >= 15 is 0 Å². The van der Waals surface area contributed by atoms with Crippen LogP contribution < -0.4 is 10.1 Å². The Morgan fingerprint density at radius 2 is 1.81 bits per heavy atom. The fourth-order valence-electron chi connectivity index (χ4n) is 1.62. The van der Waals surface area contributed by atoms with Crippen LogP contribution in [0.5, 0.6) is 5.75 Å². The molecule has 2 aromatic carbocycles. The molecule has 0 unspecified atom stereocenters. The van der Waals surface area contributed by atoms with Crippen LogP contribution in [-0.4, -0.2) is 12.5 Å². The molecule has 1 N–H and O–H groups in total. The predicted molar refractivity (Wildman–Crippen MR) is 87.1 cm³/mol. The van der Waals surface area contributed by atoms with E-state index in [1.165, 1.54) is 0 Å². The van der Waals surface area contributed by atoms with Crippen LogP contribution in [0.15, 0.2) is 51.4 Å². The molecule has 0 saturated heterocycles. The van der Waals surface area contributed by atoms with Gasteiger partial charge in [-0.3, -0.25) is 4.79 Å². The van der Waals surface area contributed by atoms with Gasteiger partial charge in [-0.15, -0.1) is 0 Å². The standard InChI is InChI=1S/C15H10Br2N2O2/c16-11-5-3-6-12(17)15(11)19-14(20)9-21-13-7-2-1-4-10(13)8-18/h1-7H,9H2,(H,19,20). The Balaban J connectivity index is 2.02. The number of benzene rings is 2. The lowest BCUT2D eigenvalue weighted by atomic mass is 10.2. The van der Waals surface area contributed by atoms with Gasteiger partial charge in [0.2, 0.25) is 0 Å². The Morgan fingerprint density at radius 3 is 2.48 bits per heavy atom. The highest BCUT2D eigenvalue weighted by atomic mass is 79.9. The van der Waals surface area contributed by atoms with Crippen molar-refractivity contribution in [2.24, 2.45) is 0 Å². The Morgan fingerprint density at radius 1 is 1.14 bits per heavy atom. The third-order valence-corrected chi connectivity index (χ3v) is 3.92. The largest absolute Gasteiger partial charge is 0.482 e. The number of carbonyl (C=O) groups is 1. The van der Waals surface area contributed by atoms with Gasteiger partial charge < -0.3 is 10.1 Å². The number of anilines is 1. The van der Waals surface area contributed by atoms with E-state index in [1.807, 2.05) is 24.3 Å². The summed E-state index contributed by atoms with van der Waals surface area (Å²) in [7, 11) is 0. The normalized spacial score (nSPS) is 9.76. The summed E-state index contributed by atoms with van der Waals surface area (Å²) in [5.74, 6) is 0.0803. The average molecular weight is 410 g/mol. The molecule has 2 aromatic rings. The van der Waals surface area contributed by atoms with E-state index in [9.17, 15) is 4.79 Å². The first-order chi connectivity index (χ1) is 10.1. The highest BCUT2D eigenvalue weighted by molar-refractivity contribution is 9.11. The van der Waals surface area contributed by atoms with Crippen molar-refractivity contribution in [1.82, 2.24) is 0 Å². The molecule has 0 aromatic heterocycles. The lowest BCUT2D eigenvalue weighted by molar-refractivity contribution is -0.118. The number of carbonyl (C=O) groups excluding carboxylic acids is 1. The third-order valence-electron chi connectivity index (χ3n) is 2.59. The molecule has 0 aliphatic rings. The van der Waals surface area contributed by atoms with Crippen molar-refractivity contribution in [1.29, 1.82) is 5.26 Å². The molecule has 0 bridgehead atoms. The lowest BCUT2D eigenvalue weighted by Crippen LogP contribution is -2.20. The number of ether oxygens (including phenoxy) is 1. The number of nitrogens with one attached hydrogen (secondary N) is 1. The monoisotopic (exact) mass is 408 g/mol. The van der Waals surface area contributed by atoms with E-state index in [0.29, 0.717) is 17.0 Å². The fourth-order valence-corrected chi connectivity index (χ4v) is 2.82. The Labute approximate surface area is 139 Å². The quantitative estimate of drug-likeness (QED) is 0.826. The Hall–Kier alpha value is -1.84. The molecule has 0 atom stereocenters. The number of hydrogen-bond donors (Lipinski definition) is 1. The second kappa shape index (κ2) is 7.25. The number of nitriles is 1. The van der Waals surface area contributed by atoms with Crippen molar-refractivity contribution in [2.45, 2.75) is 0 Å². The molecular formula is C15H10Br2N2O2. The molecule has 2 rings (SSSR count). The van der Waals surface area contributed by atoms with Gasteiger partial charge in [0.15, 0.2) is 6.61 Å². The molecule has 4 nitrogen and oxygen atoms in total. The van der Waals surface area contributed by atoms with Crippen molar-refractivity contribution >= 4 is 43.5 Å². The molecule has 106 valence electrons. The molecule has 0 fully saturated rings. The summed E-state index contributed by atoms with van der Waals surface area (Å²) in [6.07, 6.45) is 0. The number of nitrogens with zero attached hydrogens (tertiary/aromatic N) is 1. The first kappa shape index (κ1) is 15.5. The van der Waals surface area contributed by atoms with Gasteiger partial charge in [0.1, 0.15) is 11.8 Å². The van der Waals surface area contributed by atoms with Crippen LogP contribution in [0.25, 0.3) is 0 Å². The van der Waals surface area contributed by atoms with Crippen LogP contribution in [0.2, 0.25) is 0 Å². The van der Waals surface area contributed by atoms with Crippen LogP contribution in [0.3, 0.4) is 0 Å². The van der Waals surface area contributed by atoms with Gasteiger partial charge in [0, 0.05) is 8.95 Å². The van der Waals surface area contributed by atoms with Gasteiger partial charge >= 0.3 is 0 Å². The van der Waals surface area contributed by atoms with Gasteiger partial charge in [-0.05, 0) is 56.1 Å². The molecule has 6 heteroatoms. The molecule has 1 amide bonds. The van der Waals surface area contributed by atoms with Crippen LogP contribution >= 0.6 is 31.9 Å². The van der Waals surface area contributed by atoms with Gasteiger partial charge in [-0.25, -0.2) is 0 Å². The summed E-state index contributed by atoms with van der Waals surface area (Å²) in [5, 5.41) is 11.7. The Bertz CT molecular complexity index is 691. The van der Waals surface area contributed by atoms with Crippen LogP contribution in [-0.2, 0) is 4.79 Å². The summed E-state index contributed by atoms with van der Waals surface area (Å²) in [6, 6.07) is 14.3. The minimum absolute atomic E-state index is 0.174. The van der Waals surface area contributed by atoms with E-state index in [2.05, 4.69) is 37.2 Å². The SMILES string of the molecule is N#Cc1ccccc1OCC(=O)Nc1c(Br)cccc1Br. The molecule has 21 heavy (non-hydrogen) atoms. The first-order valence-corrected chi connectivity index (χ1v) is 7.56. The average Bonchev–Trinajstić information content (AvgIpc) is 2.49. The Kier molecular flexibility index (Phi) is 5.37. The van der Waals surface area contributed by atoms with Gasteiger partial charge in [0.05, 0.1) is 11.3 Å². The van der Waals surface area contributed by atoms with E-state index in [0.717, 1.165) is 8.95 Å². The number of hydrogen-bond acceptors (Lipinski definition) is 3. The third kappa shape index (κ3) is 4.06. The zero-order valence-corrected chi connectivity index (χ0v) is 13.9. The molecule has 0 radical (unpaired) electrons. The highest BCUT2D eigenvalue weighted by Crippen LogP contribution is 2.30. The van der Waals surface area contributed by atoms with Crippen molar-refractivity contribution in [3.8, 4) is 11.8 Å². The fraction of sp³-hybridized carbons (Fsp3) is 0.0667. The van der Waals surface area contributed by atoms with Crippen molar-refractivity contribution in [3.05, 3.63) is 57.0 Å². The van der Waals surface area contributed by atoms with Crippen LogP contribution in [0, 0.1) is 11.3 Å². The smallest absolute Gasteiger partial charge is 0.262 e. The number of rotatable bonds is 4. The van der Waals surface area contributed by atoms with E-state index in [4.69, 9.17) is 10.00 Å². The summed E-state index contributed by atoms with van der Waals surface area (Å²) < 4.78 is 6.91. The first-order valence-electron chi connectivity index (χ1n) is 5.97. The minimum atomic E-state index is -0.310. The maximum atomic E-state index is 11.9. The van der Waals surface area contributed by atoms with Crippen molar-refractivity contribution in [2.75, 3.05) is 11.9 Å². The molecule has 0 aliphatic carbocycles. The van der Waals surface area contributed by atoms with E-state index < -0.39 is 0 Å². The highest BCUT2D eigenvalue weighted by Gasteiger charge is 2.10. The second-order valence-electron chi connectivity index (χ2n) is 4.04. The summed E-state index contributed by atoms with van der Waals surface area (Å²) in [5.41, 5.74) is 1.03. The van der Waals surface area contributed by atoms with Crippen molar-refractivity contribution in [3.63, 3.8) is 0 Å². The summed E-state index contributed by atoms with van der Waals surface area (Å²) >= 11 is 6.73. The minimum Gasteiger partial charge on any atom is -0.482 e. The lowest BCUT2D eigenvalue weighted by Gasteiger charge is -2.11. The molecule has 0 heterocycles. The maximum Gasteiger partial charge on any atom is 0.262 e. The van der Waals surface area contributed by atoms with E-state index in [-0.39, 0.29) is 12.5 Å². The molecule has 0 spiro atoms. The summed E-state index contributed by atoms with van der Waals surface area (Å²) in [4.78, 5) is 11.9. The van der Waals surface area contributed by atoms with Gasteiger partial charge in [0.25, 0.3) is 5.91 Å². The topological polar surface area (TPSA) is 62.1 Å². The zero-order valence-electron chi connectivity index (χ0n) is 10.8. The maximum absolute atomic E-state index is 11.9. The zero-order chi connectivity index (χ0) is 15.2. The van der Waals surface area contributed by atoms with Gasteiger partial charge in [-0.1, -0.05) is 18.2 Å². The number of halogens is 2. The van der Waals surface area contributed by atoms with Gasteiger partial charge in [-0.2, -0.15) is 5.26 Å². The predicted octanol–water partition coefficient (Wildman–Crippen LogP) is 4.10. The van der Waals surface area contributed by atoms with Crippen LogP contribution in [0.4, 0.5) is 5.69 Å². The summed E-state index contributed by atoms with van der Waals surface area (Å²) in [6.45, 7) is -0.174. The van der Waals surface area contributed by atoms with Crippen LogP contribution in [0.1, 0.15) is 5.56 Å². The molecule has 0 aliphatic heterocycles. The number of para-hydroxylation sites is 2. The van der Waals surface area contributed by atoms with E-state index in [1.54, 1.807) is 24.3 Å². The van der Waals surface area contributed by atoms with Crippen molar-refractivity contribution < 1.29 is 9.53 Å². The molecular weight excluding hydrogens is 400 g/mol. The molecule has 0 saturated carbocycles.